The normalized spacial score (nSPS) is 12.3. The van der Waals surface area contributed by atoms with Crippen LogP contribution in [0.1, 0.15) is 43.0 Å². The highest BCUT2D eigenvalue weighted by Crippen LogP contribution is 2.24. The number of nitrogens with one attached hydrogen (secondary N) is 1. The van der Waals surface area contributed by atoms with Gasteiger partial charge in [-0.3, -0.25) is 0 Å². The van der Waals surface area contributed by atoms with Gasteiger partial charge in [0.05, 0.1) is 6.04 Å². The van der Waals surface area contributed by atoms with Gasteiger partial charge < -0.3 is 5.32 Å². The smallest absolute Gasteiger partial charge is 0.0576 e. The fraction of sp³-hybridized carbons (Fsp3) is 0.333. The summed E-state index contributed by atoms with van der Waals surface area (Å²) in [7, 11) is 0. The first-order valence-electron chi connectivity index (χ1n) is 7.32. The van der Waals surface area contributed by atoms with Crippen molar-refractivity contribution in [3.63, 3.8) is 0 Å². The van der Waals surface area contributed by atoms with Crippen LogP contribution in [-0.2, 0) is 6.42 Å². The molecule has 0 aliphatic rings. The fourth-order valence-corrected chi connectivity index (χ4v) is 2.58. The van der Waals surface area contributed by atoms with E-state index in [1.807, 2.05) is 0 Å². The van der Waals surface area contributed by atoms with Gasteiger partial charge in [-0.2, -0.15) is 0 Å². The van der Waals surface area contributed by atoms with Gasteiger partial charge in [-0.05, 0) is 48.2 Å². The van der Waals surface area contributed by atoms with Crippen LogP contribution in [0.25, 0.3) is 0 Å². The number of aryl methyl sites for hydroxylation is 1. The first kappa shape index (κ1) is 15.3. The topological polar surface area (TPSA) is 12.0 Å². The van der Waals surface area contributed by atoms with Gasteiger partial charge in [0.2, 0.25) is 0 Å². The van der Waals surface area contributed by atoms with Crippen LogP contribution in [0.2, 0.25) is 0 Å². The van der Waals surface area contributed by atoms with Crippen molar-refractivity contribution >= 4 is 15.9 Å². The molecule has 0 fully saturated rings. The summed E-state index contributed by atoms with van der Waals surface area (Å²) in [6, 6.07) is 17.8. The number of hydrogen-bond donors (Lipinski definition) is 1. The van der Waals surface area contributed by atoms with E-state index in [9.17, 15) is 0 Å². The van der Waals surface area contributed by atoms with Crippen molar-refractivity contribution in [3.8, 4) is 0 Å². The molecule has 0 spiro atoms. The Labute approximate surface area is 130 Å². The molecule has 0 saturated carbocycles. The lowest BCUT2D eigenvalue weighted by atomic mass is 9.97. The molecule has 0 amide bonds. The average molecular weight is 332 g/mol. The van der Waals surface area contributed by atoms with Crippen LogP contribution in [0, 0.1) is 0 Å². The minimum atomic E-state index is 0.272. The van der Waals surface area contributed by atoms with Crippen LogP contribution in [0.4, 0.5) is 0 Å². The Morgan fingerprint density at radius 2 is 1.45 bits per heavy atom. The van der Waals surface area contributed by atoms with E-state index >= 15 is 0 Å². The summed E-state index contributed by atoms with van der Waals surface area (Å²) in [5, 5.41) is 3.64. The summed E-state index contributed by atoms with van der Waals surface area (Å²) >= 11 is 3.50. The number of halogens is 1. The molecule has 0 heterocycles. The lowest BCUT2D eigenvalue weighted by molar-refractivity contribution is 0.598. The molecule has 2 aromatic rings. The van der Waals surface area contributed by atoms with E-state index < -0.39 is 0 Å². The summed E-state index contributed by atoms with van der Waals surface area (Å²) < 4.78 is 1.12. The Balaban J connectivity index is 2.27. The van der Waals surface area contributed by atoms with Gasteiger partial charge in [0.15, 0.2) is 0 Å². The Kier molecular flexibility index (Phi) is 5.81. The second-order valence-electron chi connectivity index (χ2n) is 5.03. The van der Waals surface area contributed by atoms with Crippen molar-refractivity contribution in [2.45, 2.75) is 32.7 Å². The molecule has 2 heteroatoms. The predicted molar refractivity (Wildman–Crippen MR) is 90.1 cm³/mol. The van der Waals surface area contributed by atoms with Gasteiger partial charge in [0.1, 0.15) is 0 Å². The van der Waals surface area contributed by atoms with Crippen LogP contribution in [-0.4, -0.2) is 6.54 Å². The third-order valence-electron chi connectivity index (χ3n) is 3.52. The molecule has 1 atom stereocenters. The third-order valence-corrected chi connectivity index (χ3v) is 4.05. The maximum atomic E-state index is 3.64. The molecular weight excluding hydrogens is 310 g/mol. The minimum Gasteiger partial charge on any atom is -0.306 e. The molecule has 20 heavy (non-hydrogen) atoms. The van der Waals surface area contributed by atoms with Crippen LogP contribution in [0.15, 0.2) is 53.0 Å². The molecule has 2 rings (SSSR count). The SMILES string of the molecule is CCCNC(c1ccc(Br)cc1)c1ccc(CC)cc1. The van der Waals surface area contributed by atoms with Crippen LogP contribution >= 0.6 is 15.9 Å². The second-order valence-corrected chi connectivity index (χ2v) is 5.95. The third kappa shape index (κ3) is 3.94. The average Bonchev–Trinajstić information content (AvgIpc) is 2.50. The van der Waals surface area contributed by atoms with Crippen LogP contribution < -0.4 is 5.32 Å². The van der Waals surface area contributed by atoms with Gasteiger partial charge in [-0.25, -0.2) is 0 Å². The zero-order valence-corrected chi connectivity index (χ0v) is 13.8. The summed E-state index contributed by atoms with van der Waals surface area (Å²) in [4.78, 5) is 0. The Hall–Kier alpha value is -1.12. The second kappa shape index (κ2) is 7.61. The van der Waals surface area contributed by atoms with Crippen molar-refractivity contribution in [2.24, 2.45) is 0 Å². The van der Waals surface area contributed by atoms with E-state index in [2.05, 4.69) is 83.6 Å². The monoisotopic (exact) mass is 331 g/mol. The Morgan fingerprint density at radius 1 is 0.900 bits per heavy atom. The molecule has 0 saturated heterocycles. The quantitative estimate of drug-likeness (QED) is 0.776. The summed E-state index contributed by atoms with van der Waals surface area (Å²) in [6.45, 7) is 5.42. The first-order valence-corrected chi connectivity index (χ1v) is 8.11. The molecule has 2 aromatic carbocycles. The molecule has 1 N–H and O–H groups in total. The van der Waals surface area contributed by atoms with E-state index in [1.165, 1.54) is 16.7 Å². The zero-order valence-electron chi connectivity index (χ0n) is 12.2. The van der Waals surface area contributed by atoms with Crippen molar-refractivity contribution in [1.29, 1.82) is 0 Å². The maximum absolute atomic E-state index is 3.64. The Morgan fingerprint density at radius 3 is 1.95 bits per heavy atom. The highest BCUT2D eigenvalue weighted by molar-refractivity contribution is 9.10. The number of rotatable bonds is 6. The Bertz CT molecular complexity index is 516. The van der Waals surface area contributed by atoms with Gasteiger partial charge in [-0.1, -0.05) is 66.2 Å². The zero-order chi connectivity index (χ0) is 14.4. The number of hydrogen-bond acceptors (Lipinski definition) is 1. The van der Waals surface area contributed by atoms with E-state index in [1.54, 1.807) is 0 Å². The standard InChI is InChI=1S/C18H22BrN/c1-3-13-20-18(16-9-11-17(19)12-10-16)15-7-5-14(4-2)6-8-15/h5-12,18,20H,3-4,13H2,1-2H3. The van der Waals surface area contributed by atoms with Gasteiger partial charge in [0, 0.05) is 4.47 Å². The summed E-state index contributed by atoms with van der Waals surface area (Å²) in [5.41, 5.74) is 4.03. The molecule has 0 bridgehead atoms. The highest BCUT2D eigenvalue weighted by atomic mass is 79.9. The lowest BCUT2D eigenvalue weighted by Crippen LogP contribution is -2.23. The van der Waals surface area contributed by atoms with Crippen molar-refractivity contribution in [1.82, 2.24) is 5.32 Å². The molecule has 0 aromatic heterocycles. The van der Waals surface area contributed by atoms with Crippen LogP contribution in [0.3, 0.4) is 0 Å². The van der Waals surface area contributed by atoms with Crippen molar-refractivity contribution in [2.75, 3.05) is 6.54 Å². The van der Waals surface area contributed by atoms with Crippen molar-refractivity contribution in [3.05, 3.63) is 69.7 Å². The van der Waals surface area contributed by atoms with Gasteiger partial charge >= 0.3 is 0 Å². The molecular formula is C18H22BrN. The molecule has 0 radical (unpaired) electrons. The molecule has 106 valence electrons. The summed E-state index contributed by atoms with van der Waals surface area (Å²) in [5.74, 6) is 0. The number of benzene rings is 2. The fourth-order valence-electron chi connectivity index (χ4n) is 2.32. The predicted octanol–water partition coefficient (Wildman–Crippen LogP) is 5.10. The molecule has 1 unspecified atom stereocenters. The van der Waals surface area contributed by atoms with Crippen LogP contribution in [0.5, 0.6) is 0 Å². The van der Waals surface area contributed by atoms with E-state index in [0.717, 1.165) is 23.9 Å². The maximum Gasteiger partial charge on any atom is 0.0576 e. The van der Waals surface area contributed by atoms with Gasteiger partial charge in [0.25, 0.3) is 0 Å². The highest BCUT2D eigenvalue weighted by Gasteiger charge is 2.12. The van der Waals surface area contributed by atoms with E-state index in [4.69, 9.17) is 0 Å². The summed E-state index contributed by atoms with van der Waals surface area (Å²) in [6.07, 6.45) is 2.23. The molecule has 1 nitrogen and oxygen atoms in total. The van der Waals surface area contributed by atoms with E-state index in [-0.39, 0.29) is 6.04 Å². The largest absolute Gasteiger partial charge is 0.306 e. The van der Waals surface area contributed by atoms with Crippen molar-refractivity contribution < 1.29 is 0 Å². The first-order chi connectivity index (χ1) is 9.74. The minimum absolute atomic E-state index is 0.272. The molecule has 0 aliphatic carbocycles. The molecule has 0 aliphatic heterocycles. The lowest BCUT2D eigenvalue weighted by Gasteiger charge is -2.20. The van der Waals surface area contributed by atoms with Gasteiger partial charge in [-0.15, -0.1) is 0 Å². The van der Waals surface area contributed by atoms with E-state index in [0.29, 0.717) is 0 Å².